The van der Waals surface area contributed by atoms with E-state index in [-0.39, 0.29) is 24.5 Å². The summed E-state index contributed by atoms with van der Waals surface area (Å²) in [7, 11) is 0. The normalized spacial score (nSPS) is 14.3. The van der Waals surface area contributed by atoms with E-state index in [4.69, 9.17) is 9.94 Å². The number of carbonyl (C=O) groups excluding carboxylic acids is 2. The highest BCUT2D eigenvalue weighted by atomic mass is 16.5. The summed E-state index contributed by atoms with van der Waals surface area (Å²) in [4.78, 5) is 24.1. The standard InChI is InChI=1S/C25H32N2O4/c1-17(2)13-23(25(29)31-22-14-20-5-3-4-6-21(20)15-22)26-16-19-9-7-18(8-10-19)11-12-24(28)27-30/h3-10,17,22-23,26,30H,11-16H2,1-2H3,(H,27,28)/t23-/m1/s1. The lowest BCUT2D eigenvalue weighted by atomic mass is 10.0. The van der Waals surface area contributed by atoms with E-state index in [2.05, 4.69) is 31.3 Å². The molecule has 31 heavy (non-hydrogen) atoms. The fraction of sp³-hybridized carbons (Fsp3) is 0.440. The lowest BCUT2D eigenvalue weighted by Gasteiger charge is -2.22. The van der Waals surface area contributed by atoms with Gasteiger partial charge in [0.1, 0.15) is 12.1 Å². The van der Waals surface area contributed by atoms with Crippen molar-refractivity contribution in [3.05, 3.63) is 70.8 Å². The van der Waals surface area contributed by atoms with Crippen molar-refractivity contribution in [2.45, 2.75) is 64.6 Å². The van der Waals surface area contributed by atoms with Crippen LogP contribution in [0.3, 0.4) is 0 Å². The first-order chi connectivity index (χ1) is 14.9. The van der Waals surface area contributed by atoms with Crippen LogP contribution in [0, 0.1) is 5.92 Å². The molecular formula is C25H32N2O4. The van der Waals surface area contributed by atoms with E-state index < -0.39 is 5.91 Å². The Hall–Kier alpha value is -2.70. The van der Waals surface area contributed by atoms with Gasteiger partial charge in [0, 0.05) is 25.8 Å². The average Bonchev–Trinajstić information content (AvgIpc) is 3.17. The maximum atomic E-state index is 12.9. The van der Waals surface area contributed by atoms with Crippen LogP contribution in [0.15, 0.2) is 48.5 Å². The molecule has 3 rings (SSSR count). The summed E-state index contributed by atoms with van der Waals surface area (Å²) in [6, 6.07) is 15.8. The molecule has 166 valence electrons. The fourth-order valence-corrected chi connectivity index (χ4v) is 3.96. The van der Waals surface area contributed by atoms with Crippen LogP contribution in [0.1, 0.15) is 48.9 Å². The summed E-state index contributed by atoms with van der Waals surface area (Å²) in [6.07, 6.45) is 3.00. The first-order valence-electron chi connectivity index (χ1n) is 11.0. The topological polar surface area (TPSA) is 87.7 Å². The summed E-state index contributed by atoms with van der Waals surface area (Å²) in [5, 5.41) is 11.9. The van der Waals surface area contributed by atoms with Crippen LogP contribution in [-0.4, -0.2) is 29.2 Å². The Morgan fingerprint density at radius 3 is 2.23 bits per heavy atom. The lowest BCUT2D eigenvalue weighted by molar-refractivity contribution is -0.151. The highest BCUT2D eigenvalue weighted by Gasteiger charge is 2.28. The Balaban J connectivity index is 1.52. The van der Waals surface area contributed by atoms with E-state index >= 15 is 0 Å². The number of ether oxygens (including phenoxy) is 1. The maximum Gasteiger partial charge on any atom is 0.323 e. The largest absolute Gasteiger partial charge is 0.461 e. The molecule has 3 N–H and O–H groups in total. The summed E-state index contributed by atoms with van der Waals surface area (Å²) in [6.45, 7) is 4.77. The van der Waals surface area contributed by atoms with Crippen LogP contribution in [0.5, 0.6) is 0 Å². The Bertz CT molecular complexity index is 854. The number of hydrogen-bond acceptors (Lipinski definition) is 5. The molecule has 0 unspecified atom stereocenters. The number of hydroxylamine groups is 1. The molecule has 1 aliphatic carbocycles. The van der Waals surface area contributed by atoms with Crippen LogP contribution >= 0.6 is 0 Å². The number of hydrogen-bond donors (Lipinski definition) is 3. The number of fused-ring (bicyclic) bond motifs is 1. The molecule has 0 aliphatic heterocycles. The van der Waals surface area contributed by atoms with Gasteiger partial charge in [0.05, 0.1) is 0 Å². The summed E-state index contributed by atoms with van der Waals surface area (Å²) in [5.41, 5.74) is 6.26. The predicted molar refractivity (Wildman–Crippen MR) is 119 cm³/mol. The van der Waals surface area contributed by atoms with Gasteiger partial charge in [-0.1, -0.05) is 62.4 Å². The molecule has 0 saturated heterocycles. The van der Waals surface area contributed by atoms with E-state index in [9.17, 15) is 9.59 Å². The Morgan fingerprint density at radius 1 is 1.03 bits per heavy atom. The number of rotatable bonds is 10. The molecule has 0 heterocycles. The van der Waals surface area contributed by atoms with Crippen molar-refractivity contribution in [2.24, 2.45) is 5.92 Å². The Kier molecular flexibility index (Phi) is 8.20. The second kappa shape index (κ2) is 11.1. The van der Waals surface area contributed by atoms with Crippen molar-refractivity contribution in [2.75, 3.05) is 0 Å². The van der Waals surface area contributed by atoms with Gasteiger partial charge < -0.3 is 10.1 Å². The van der Waals surface area contributed by atoms with E-state index in [1.165, 1.54) is 11.1 Å². The van der Waals surface area contributed by atoms with Gasteiger partial charge in [-0.3, -0.25) is 14.8 Å². The van der Waals surface area contributed by atoms with Gasteiger partial charge >= 0.3 is 5.97 Å². The maximum absolute atomic E-state index is 12.9. The van der Waals surface area contributed by atoms with Crippen molar-refractivity contribution in [1.82, 2.24) is 10.8 Å². The number of aryl methyl sites for hydroxylation is 1. The number of esters is 1. The third-order valence-corrected chi connectivity index (χ3v) is 5.63. The van der Waals surface area contributed by atoms with Crippen LogP contribution in [0.25, 0.3) is 0 Å². The fourth-order valence-electron chi connectivity index (χ4n) is 3.96. The van der Waals surface area contributed by atoms with Crippen LogP contribution in [0.4, 0.5) is 0 Å². The molecule has 2 aromatic carbocycles. The van der Waals surface area contributed by atoms with Gasteiger partial charge in [-0.25, -0.2) is 5.48 Å². The van der Waals surface area contributed by atoms with Crippen molar-refractivity contribution in [3.63, 3.8) is 0 Å². The van der Waals surface area contributed by atoms with Gasteiger partial charge in [0.15, 0.2) is 0 Å². The number of benzene rings is 2. The quantitative estimate of drug-likeness (QED) is 0.309. The first kappa shape index (κ1) is 23.0. The number of nitrogens with one attached hydrogen (secondary N) is 2. The molecule has 0 aromatic heterocycles. The third-order valence-electron chi connectivity index (χ3n) is 5.63. The molecule has 0 fully saturated rings. The molecule has 0 radical (unpaired) electrons. The summed E-state index contributed by atoms with van der Waals surface area (Å²) >= 11 is 0. The summed E-state index contributed by atoms with van der Waals surface area (Å²) < 4.78 is 5.87. The molecule has 2 aromatic rings. The zero-order valence-electron chi connectivity index (χ0n) is 18.3. The van der Waals surface area contributed by atoms with E-state index in [0.717, 1.165) is 24.0 Å². The first-order valence-corrected chi connectivity index (χ1v) is 11.0. The average molecular weight is 425 g/mol. The van der Waals surface area contributed by atoms with Crippen molar-refractivity contribution >= 4 is 11.9 Å². The number of carbonyl (C=O) groups is 2. The van der Waals surface area contributed by atoms with Crippen molar-refractivity contribution < 1.29 is 19.5 Å². The van der Waals surface area contributed by atoms with Crippen LogP contribution < -0.4 is 10.8 Å². The van der Waals surface area contributed by atoms with Gasteiger partial charge in [-0.2, -0.15) is 0 Å². The Labute approximate surface area is 184 Å². The minimum absolute atomic E-state index is 0.0863. The van der Waals surface area contributed by atoms with Gasteiger partial charge in [-0.05, 0) is 41.0 Å². The second-order valence-corrected chi connectivity index (χ2v) is 8.65. The zero-order valence-corrected chi connectivity index (χ0v) is 18.3. The molecule has 1 atom stereocenters. The molecule has 1 aliphatic rings. The number of amides is 1. The SMILES string of the molecule is CC(C)C[C@@H](NCc1ccc(CCC(=O)NO)cc1)C(=O)OC1Cc2ccccc2C1. The minimum Gasteiger partial charge on any atom is -0.461 e. The smallest absolute Gasteiger partial charge is 0.323 e. The molecular weight excluding hydrogens is 392 g/mol. The highest BCUT2D eigenvalue weighted by Crippen LogP contribution is 2.24. The molecule has 6 heteroatoms. The molecule has 0 bridgehead atoms. The Morgan fingerprint density at radius 2 is 1.65 bits per heavy atom. The monoisotopic (exact) mass is 424 g/mol. The minimum atomic E-state index is -0.397. The molecule has 0 saturated carbocycles. The van der Waals surface area contributed by atoms with E-state index in [1.807, 2.05) is 36.4 Å². The van der Waals surface area contributed by atoms with Crippen molar-refractivity contribution in [3.8, 4) is 0 Å². The van der Waals surface area contributed by atoms with Crippen molar-refractivity contribution in [1.29, 1.82) is 0 Å². The second-order valence-electron chi connectivity index (χ2n) is 8.65. The van der Waals surface area contributed by atoms with Crippen LogP contribution in [0.2, 0.25) is 0 Å². The highest BCUT2D eigenvalue weighted by molar-refractivity contribution is 5.76. The zero-order chi connectivity index (χ0) is 22.2. The van der Waals surface area contributed by atoms with Crippen LogP contribution in [-0.2, 0) is 40.1 Å². The summed E-state index contributed by atoms with van der Waals surface area (Å²) in [5.74, 6) is -0.213. The predicted octanol–water partition coefficient (Wildman–Crippen LogP) is 3.34. The lowest BCUT2D eigenvalue weighted by Crippen LogP contribution is -2.40. The van der Waals surface area contributed by atoms with Gasteiger partial charge in [-0.15, -0.1) is 0 Å². The molecule has 1 amide bonds. The van der Waals surface area contributed by atoms with Gasteiger partial charge in [0.2, 0.25) is 5.91 Å². The molecule has 0 spiro atoms. The molecule has 6 nitrogen and oxygen atoms in total. The van der Waals surface area contributed by atoms with E-state index in [1.54, 1.807) is 5.48 Å². The third kappa shape index (κ3) is 6.91. The van der Waals surface area contributed by atoms with Gasteiger partial charge in [0.25, 0.3) is 0 Å². The van der Waals surface area contributed by atoms with E-state index in [0.29, 0.717) is 25.3 Å².